The minimum absolute atomic E-state index is 0.109. The van der Waals surface area contributed by atoms with Crippen LogP contribution in [0.1, 0.15) is 6.92 Å². The van der Waals surface area contributed by atoms with E-state index in [0.29, 0.717) is 12.1 Å². The number of carbonyl (C=O) groups excluding carboxylic acids is 1. The third kappa shape index (κ3) is 2.59. The predicted molar refractivity (Wildman–Crippen MR) is 88.0 cm³/mol. The average Bonchev–Trinajstić information content (AvgIpc) is 3.00. The van der Waals surface area contributed by atoms with Crippen molar-refractivity contribution >= 4 is 29.3 Å². The fraction of sp³-hybridized carbons (Fsp3) is 0.267. The van der Waals surface area contributed by atoms with Crippen LogP contribution in [-0.4, -0.2) is 34.0 Å². The first-order valence-electron chi connectivity index (χ1n) is 6.87. The van der Waals surface area contributed by atoms with E-state index >= 15 is 0 Å². The third-order valence-corrected chi connectivity index (χ3v) is 4.51. The van der Waals surface area contributed by atoms with Crippen LogP contribution in [0, 0.1) is 0 Å². The van der Waals surface area contributed by atoms with E-state index in [0.717, 1.165) is 22.2 Å². The molecule has 0 unspecified atom stereocenters. The Morgan fingerprint density at radius 1 is 1.32 bits per heavy atom. The Kier molecular flexibility index (Phi) is 3.89. The number of aromatic nitrogens is 3. The Morgan fingerprint density at radius 2 is 2.05 bits per heavy atom. The summed E-state index contributed by atoms with van der Waals surface area (Å²) in [6, 6.07) is 7.80. The molecule has 0 fully saturated rings. The molecule has 0 atom stereocenters. The van der Waals surface area contributed by atoms with Crippen LogP contribution in [0.15, 0.2) is 46.8 Å². The highest BCUT2D eigenvalue weighted by Gasteiger charge is 2.25. The second-order valence-corrected chi connectivity index (χ2v) is 5.90. The maximum atomic E-state index is 12.5. The van der Waals surface area contributed by atoms with Crippen molar-refractivity contribution in [2.24, 2.45) is 0 Å². The van der Waals surface area contributed by atoms with Gasteiger partial charge in [0.25, 0.3) is 5.91 Å². The highest BCUT2D eigenvalue weighted by Crippen LogP contribution is 2.25. The van der Waals surface area contributed by atoms with Crippen molar-refractivity contribution in [2.75, 3.05) is 23.5 Å². The Labute approximate surface area is 133 Å². The van der Waals surface area contributed by atoms with Crippen molar-refractivity contribution in [3.8, 4) is 0 Å². The number of nitrogens with one attached hydrogen (secondary N) is 1. The number of benzene rings is 1. The number of rotatable bonds is 3. The number of fused-ring (bicyclic) bond motifs is 1. The number of amides is 1. The Bertz CT molecular complexity index is 735. The fourth-order valence-electron chi connectivity index (χ4n) is 2.36. The molecule has 2 aromatic rings. The smallest absolute Gasteiger partial charge is 0.255 e. The number of thioether (sulfide) groups is 1. The molecular formula is C15H17N5OS. The van der Waals surface area contributed by atoms with Crippen molar-refractivity contribution < 1.29 is 4.79 Å². The molecule has 0 bridgehead atoms. The van der Waals surface area contributed by atoms with E-state index < -0.39 is 0 Å². The summed E-state index contributed by atoms with van der Waals surface area (Å²) in [6.07, 6.45) is 3.52. The summed E-state index contributed by atoms with van der Waals surface area (Å²) < 4.78 is 1.72. The highest BCUT2D eigenvalue weighted by atomic mass is 32.2. The van der Waals surface area contributed by atoms with Gasteiger partial charge in [0, 0.05) is 23.3 Å². The van der Waals surface area contributed by atoms with Gasteiger partial charge >= 0.3 is 0 Å². The summed E-state index contributed by atoms with van der Waals surface area (Å²) >= 11 is 1.67. The zero-order chi connectivity index (χ0) is 15.7. The van der Waals surface area contributed by atoms with Gasteiger partial charge in [-0.2, -0.15) is 10.1 Å². The van der Waals surface area contributed by atoms with Crippen molar-refractivity contribution in [2.45, 2.75) is 18.4 Å². The molecule has 1 aliphatic rings. The van der Waals surface area contributed by atoms with Gasteiger partial charge in [0.1, 0.15) is 6.33 Å². The molecule has 0 saturated carbocycles. The van der Waals surface area contributed by atoms with Crippen LogP contribution in [0.5, 0.6) is 0 Å². The molecule has 0 saturated heterocycles. The Balaban J connectivity index is 1.80. The monoisotopic (exact) mass is 315 g/mol. The summed E-state index contributed by atoms with van der Waals surface area (Å²) in [5, 5.41) is 7.09. The fourth-order valence-corrected chi connectivity index (χ4v) is 2.77. The molecule has 0 spiro atoms. The lowest BCUT2D eigenvalue weighted by Gasteiger charge is -2.27. The summed E-state index contributed by atoms with van der Waals surface area (Å²) in [6.45, 7) is 2.35. The van der Waals surface area contributed by atoms with Gasteiger partial charge in [0.2, 0.25) is 5.95 Å². The van der Waals surface area contributed by atoms with Gasteiger partial charge in [-0.1, -0.05) is 0 Å². The summed E-state index contributed by atoms with van der Waals surface area (Å²) in [4.78, 5) is 19.8. The van der Waals surface area contributed by atoms with E-state index in [4.69, 9.17) is 0 Å². The van der Waals surface area contributed by atoms with Gasteiger partial charge in [-0.05, 0) is 37.4 Å². The maximum Gasteiger partial charge on any atom is 0.255 e. The molecule has 2 heterocycles. The molecular weight excluding hydrogens is 298 g/mol. The van der Waals surface area contributed by atoms with E-state index in [1.165, 1.54) is 6.33 Å². The first-order valence-corrected chi connectivity index (χ1v) is 8.09. The molecule has 22 heavy (non-hydrogen) atoms. The van der Waals surface area contributed by atoms with Crippen molar-refractivity contribution in [3.05, 3.63) is 41.9 Å². The van der Waals surface area contributed by atoms with Gasteiger partial charge in [-0.15, -0.1) is 11.8 Å². The number of allylic oxidation sites excluding steroid dienone is 1. The van der Waals surface area contributed by atoms with Crippen LogP contribution in [0.2, 0.25) is 0 Å². The van der Waals surface area contributed by atoms with Crippen molar-refractivity contribution in [1.82, 2.24) is 14.8 Å². The molecule has 1 N–H and O–H groups in total. The molecule has 1 amide bonds. The maximum absolute atomic E-state index is 12.5. The molecule has 6 nitrogen and oxygen atoms in total. The van der Waals surface area contributed by atoms with Crippen LogP contribution in [0.4, 0.5) is 11.6 Å². The summed E-state index contributed by atoms with van der Waals surface area (Å²) in [5.41, 5.74) is 2.36. The first-order chi connectivity index (χ1) is 10.6. The number of hydrogen-bond donors (Lipinski definition) is 1. The van der Waals surface area contributed by atoms with Crippen molar-refractivity contribution in [3.63, 3.8) is 0 Å². The van der Waals surface area contributed by atoms with E-state index in [1.807, 2.05) is 49.4 Å². The zero-order valence-electron chi connectivity index (χ0n) is 12.7. The topological polar surface area (TPSA) is 63.1 Å². The van der Waals surface area contributed by atoms with E-state index in [9.17, 15) is 4.79 Å². The molecule has 1 aromatic carbocycles. The van der Waals surface area contributed by atoms with Gasteiger partial charge in [-0.3, -0.25) is 4.79 Å². The van der Waals surface area contributed by atoms with E-state index in [2.05, 4.69) is 15.4 Å². The second-order valence-electron chi connectivity index (χ2n) is 5.02. The van der Waals surface area contributed by atoms with Gasteiger partial charge in [0.15, 0.2) is 0 Å². The van der Waals surface area contributed by atoms with Crippen LogP contribution >= 0.6 is 11.8 Å². The number of anilines is 2. The number of carbonyl (C=O) groups is 1. The SMILES string of the molecule is CSc1ccc(NC(=O)C2=C(C)N(C)c3ncnn3C2)cc1. The molecule has 0 radical (unpaired) electrons. The Hall–Kier alpha value is -2.28. The summed E-state index contributed by atoms with van der Waals surface area (Å²) in [7, 11) is 1.88. The lowest BCUT2D eigenvalue weighted by molar-refractivity contribution is -0.113. The van der Waals surface area contributed by atoms with Crippen LogP contribution in [0.25, 0.3) is 0 Å². The van der Waals surface area contributed by atoms with Crippen molar-refractivity contribution in [1.29, 1.82) is 0 Å². The number of hydrogen-bond acceptors (Lipinski definition) is 5. The average molecular weight is 315 g/mol. The minimum Gasteiger partial charge on any atom is -0.322 e. The summed E-state index contributed by atoms with van der Waals surface area (Å²) in [5.74, 6) is 0.640. The first kappa shape index (κ1) is 14.6. The second kappa shape index (κ2) is 5.84. The lowest BCUT2D eigenvalue weighted by atomic mass is 10.1. The largest absolute Gasteiger partial charge is 0.322 e. The molecule has 3 rings (SSSR count). The lowest BCUT2D eigenvalue weighted by Crippen LogP contribution is -2.32. The molecule has 114 valence electrons. The predicted octanol–water partition coefficient (Wildman–Crippen LogP) is 2.36. The van der Waals surface area contributed by atoms with Crippen LogP contribution in [-0.2, 0) is 11.3 Å². The normalized spacial score (nSPS) is 14.0. The molecule has 1 aliphatic heterocycles. The third-order valence-electron chi connectivity index (χ3n) is 3.76. The zero-order valence-corrected chi connectivity index (χ0v) is 13.5. The quantitative estimate of drug-likeness (QED) is 0.881. The molecule has 7 heteroatoms. The van der Waals surface area contributed by atoms with E-state index in [1.54, 1.807) is 16.4 Å². The molecule has 1 aromatic heterocycles. The highest BCUT2D eigenvalue weighted by molar-refractivity contribution is 7.98. The van der Waals surface area contributed by atoms with Crippen LogP contribution in [0.3, 0.4) is 0 Å². The van der Waals surface area contributed by atoms with Gasteiger partial charge < -0.3 is 10.2 Å². The van der Waals surface area contributed by atoms with Crippen LogP contribution < -0.4 is 10.2 Å². The standard InChI is InChI=1S/C15H17N5OS/c1-10-13(8-20-15(19(10)2)16-9-17-20)14(21)18-11-4-6-12(22-3)7-5-11/h4-7,9H,8H2,1-3H3,(H,18,21). The minimum atomic E-state index is -0.109. The van der Waals surface area contributed by atoms with Gasteiger partial charge in [0.05, 0.1) is 12.1 Å². The number of nitrogens with zero attached hydrogens (tertiary/aromatic N) is 4. The van der Waals surface area contributed by atoms with E-state index in [-0.39, 0.29) is 5.91 Å². The molecule has 0 aliphatic carbocycles. The van der Waals surface area contributed by atoms with Gasteiger partial charge in [-0.25, -0.2) is 4.68 Å². The Morgan fingerprint density at radius 3 is 2.73 bits per heavy atom.